The Bertz CT molecular complexity index is 1080. The van der Waals surface area contributed by atoms with E-state index in [1.54, 1.807) is 18.2 Å². The van der Waals surface area contributed by atoms with Gasteiger partial charge in [-0.1, -0.05) is 48.0 Å². The molecule has 0 saturated heterocycles. The van der Waals surface area contributed by atoms with E-state index >= 15 is 0 Å². The van der Waals surface area contributed by atoms with Crippen molar-refractivity contribution in [3.63, 3.8) is 0 Å². The Kier molecular flexibility index (Phi) is 7.58. The molecule has 0 bridgehead atoms. The van der Waals surface area contributed by atoms with Crippen LogP contribution in [-0.2, 0) is 10.5 Å². The van der Waals surface area contributed by atoms with E-state index in [1.807, 2.05) is 37.3 Å². The molecule has 32 heavy (non-hydrogen) atoms. The number of thioether (sulfide) groups is 1. The van der Waals surface area contributed by atoms with E-state index in [-0.39, 0.29) is 5.75 Å². The molecule has 168 valence electrons. The van der Waals surface area contributed by atoms with E-state index in [1.165, 1.54) is 23.9 Å². The minimum absolute atomic E-state index is 0.263. The van der Waals surface area contributed by atoms with Crippen molar-refractivity contribution < 1.29 is 32.5 Å². The SMILES string of the molecule is Cc1cc(SCc2ccc(-c3ccc(OC(F)(F)F)cc3)cc2)c(Cl)cc1OCC(=O)O. The first-order valence-electron chi connectivity index (χ1n) is 9.33. The van der Waals surface area contributed by atoms with Gasteiger partial charge in [-0.2, -0.15) is 0 Å². The monoisotopic (exact) mass is 482 g/mol. The molecule has 0 spiro atoms. The van der Waals surface area contributed by atoms with E-state index < -0.39 is 18.9 Å². The lowest BCUT2D eigenvalue weighted by atomic mass is 10.0. The van der Waals surface area contributed by atoms with Crippen LogP contribution in [0.3, 0.4) is 0 Å². The van der Waals surface area contributed by atoms with Gasteiger partial charge >= 0.3 is 12.3 Å². The molecule has 0 saturated carbocycles. The standard InChI is InChI=1S/C23H18ClF3O4S/c1-14-10-21(19(24)11-20(14)30-12-22(28)29)32-13-15-2-4-16(5-3-15)17-6-8-18(9-7-17)31-23(25,26)27/h2-11H,12-13H2,1H3,(H,28,29). The van der Waals surface area contributed by atoms with Crippen LogP contribution >= 0.6 is 23.4 Å². The number of carbonyl (C=O) groups is 1. The van der Waals surface area contributed by atoms with Crippen molar-refractivity contribution in [1.29, 1.82) is 0 Å². The van der Waals surface area contributed by atoms with Gasteiger partial charge in [-0.15, -0.1) is 24.9 Å². The number of hydrogen-bond acceptors (Lipinski definition) is 4. The number of carboxylic acid groups (broad SMARTS) is 1. The Morgan fingerprint density at radius 2 is 1.62 bits per heavy atom. The molecule has 1 N–H and O–H groups in total. The van der Waals surface area contributed by atoms with Crippen LogP contribution in [0.5, 0.6) is 11.5 Å². The van der Waals surface area contributed by atoms with E-state index in [9.17, 15) is 18.0 Å². The Hall–Kier alpha value is -2.84. The van der Waals surface area contributed by atoms with Crippen LogP contribution in [0.25, 0.3) is 11.1 Å². The highest BCUT2D eigenvalue weighted by Gasteiger charge is 2.30. The highest BCUT2D eigenvalue weighted by atomic mass is 35.5. The molecule has 0 amide bonds. The molecular formula is C23H18ClF3O4S. The summed E-state index contributed by atoms with van der Waals surface area (Å²) in [7, 11) is 0. The van der Waals surface area contributed by atoms with Gasteiger partial charge in [0.05, 0.1) is 5.02 Å². The van der Waals surface area contributed by atoms with Crippen LogP contribution in [0, 0.1) is 6.92 Å². The van der Waals surface area contributed by atoms with E-state index in [0.29, 0.717) is 16.5 Å². The minimum atomic E-state index is -4.71. The summed E-state index contributed by atoms with van der Waals surface area (Å²) >= 11 is 7.84. The molecule has 0 aromatic heterocycles. The molecular weight excluding hydrogens is 465 g/mol. The van der Waals surface area contributed by atoms with Crippen molar-refractivity contribution in [2.45, 2.75) is 23.9 Å². The summed E-state index contributed by atoms with van der Waals surface area (Å²) in [5.74, 6) is -0.251. The van der Waals surface area contributed by atoms with Crippen molar-refractivity contribution in [1.82, 2.24) is 0 Å². The number of rotatable bonds is 8. The number of halogens is 4. The molecule has 0 unspecified atom stereocenters. The summed E-state index contributed by atoms with van der Waals surface area (Å²) in [4.78, 5) is 11.5. The van der Waals surface area contributed by atoms with Gasteiger partial charge in [0, 0.05) is 16.7 Å². The maximum absolute atomic E-state index is 12.3. The largest absolute Gasteiger partial charge is 0.573 e. The fourth-order valence-electron chi connectivity index (χ4n) is 2.85. The third-order valence-electron chi connectivity index (χ3n) is 4.35. The molecule has 0 aliphatic rings. The zero-order valence-corrected chi connectivity index (χ0v) is 18.4. The smallest absolute Gasteiger partial charge is 0.482 e. The maximum atomic E-state index is 12.3. The molecule has 3 aromatic carbocycles. The lowest BCUT2D eigenvalue weighted by molar-refractivity contribution is -0.274. The van der Waals surface area contributed by atoms with Crippen LogP contribution < -0.4 is 9.47 Å². The highest BCUT2D eigenvalue weighted by molar-refractivity contribution is 7.98. The fourth-order valence-corrected chi connectivity index (χ4v) is 4.13. The van der Waals surface area contributed by atoms with Crippen LogP contribution in [0.2, 0.25) is 5.02 Å². The molecule has 0 atom stereocenters. The van der Waals surface area contributed by atoms with Gasteiger partial charge in [-0.25, -0.2) is 4.79 Å². The first-order chi connectivity index (χ1) is 15.1. The van der Waals surface area contributed by atoms with E-state index in [2.05, 4.69) is 4.74 Å². The van der Waals surface area contributed by atoms with E-state index in [0.717, 1.165) is 27.1 Å². The van der Waals surface area contributed by atoms with Gasteiger partial charge in [0.2, 0.25) is 0 Å². The molecule has 0 radical (unpaired) electrons. The topological polar surface area (TPSA) is 55.8 Å². The van der Waals surface area contributed by atoms with Crippen LogP contribution in [0.1, 0.15) is 11.1 Å². The number of carboxylic acids is 1. The number of benzene rings is 3. The molecule has 0 aliphatic carbocycles. The lowest BCUT2D eigenvalue weighted by Crippen LogP contribution is -2.16. The molecule has 9 heteroatoms. The molecule has 0 heterocycles. The van der Waals surface area contributed by atoms with Gasteiger partial charge in [0.15, 0.2) is 6.61 Å². The first-order valence-corrected chi connectivity index (χ1v) is 10.7. The molecule has 3 rings (SSSR count). The Morgan fingerprint density at radius 1 is 1.03 bits per heavy atom. The summed E-state index contributed by atoms with van der Waals surface area (Å²) in [5.41, 5.74) is 3.46. The number of aryl methyl sites for hydroxylation is 1. The van der Waals surface area contributed by atoms with Gasteiger partial charge in [-0.3, -0.25) is 0 Å². The maximum Gasteiger partial charge on any atom is 0.573 e. The molecule has 0 aliphatic heterocycles. The normalized spacial score (nSPS) is 11.3. The minimum Gasteiger partial charge on any atom is -0.482 e. The average molecular weight is 483 g/mol. The Balaban J connectivity index is 1.63. The van der Waals surface area contributed by atoms with Gasteiger partial charge in [0.1, 0.15) is 11.5 Å². The van der Waals surface area contributed by atoms with Crippen molar-refractivity contribution in [3.05, 3.63) is 76.8 Å². The molecule has 0 fully saturated rings. The lowest BCUT2D eigenvalue weighted by Gasteiger charge is -2.11. The highest BCUT2D eigenvalue weighted by Crippen LogP contribution is 2.35. The van der Waals surface area contributed by atoms with Crippen LogP contribution in [-0.4, -0.2) is 24.0 Å². The van der Waals surface area contributed by atoms with Gasteiger partial charge in [0.25, 0.3) is 0 Å². The fraction of sp³-hybridized carbons (Fsp3) is 0.174. The van der Waals surface area contributed by atoms with Gasteiger partial charge in [-0.05, 0) is 47.4 Å². The Morgan fingerprint density at radius 3 is 2.19 bits per heavy atom. The quantitative estimate of drug-likeness (QED) is 0.351. The summed E-state index contributed by atoms with van der Waals surface area (Å²) in [6.45, 7) is 1.38. The van der Waals surface area contributed by atoms with Crippen molar-refractivity contribution in [2.24, 2.45) is 0 Å². The third kappa shape index (κ3) is 6.83. The molecule has 3 aromatic rings. The summed E-state index contributed by atoms with van der Waals surface area (Å²) in [6, 6.07) is 16.8. The van der Waals surface area contributed by atoms with Crippen LogP contribution in [0.4, 0.5) is 13.2 Å². The number of ether oxygens (including phenoxy) is 2. The van der Waals surface area contributed by atoms with Crippen molar-refractivity contribution in [3.8, 4) is 22.6 Å². The molecule has 4 nitrogen and oxygen atoms in total. The zero-order chi connectivity index (χ0) is 23.3. The summed E-state index contributed by atoms with van der Waals surface area (Å²) in [5, 5.41) is 9.21. The summed E-state index contributed by atoms with van der Waals surface area (Å²) in [6.07, 6.45) is -4.71. The second kappa shape index (κ2) is 10.2. The second-order valence-corrected chi connectivity index (χ2v) is 8.21. The summed E-state index contributed by atoms with van der Waals surface area (Å²) < 4.78 is 45.9. The van der Waals surface area contributed by atoms with Crippen molar-refractivity contribution in [2.75, 3.05) is 6.61 Å². The Labute approximate surface area is 191 Å². The van der Waals surface area contributed by atoms with Crippen LogP contribution in [0.15, 0.2) is 65.6 Å². The number of aliphatic carboxylic acids is 1. The van der Waals surface area contributed by atoms with Gasteiger partial charge < -0.3 is 14.6 Å². The zero-order valence-electron chi connectivity index (χ0n) is 16.8. The predicted octanol–water partition coefficient (Wildman–Crippen LogP) is 6.97. The number of alkyl halides is 3. The number of hydrogen-bond donors (Lipinski definition) is 1. The first kappa shape index (κ1) is 23.8. The predicted molar refractivity (Wildman–Crippen MR) is 117 cm³/mol. The third-order valence-corrected chi connectivity index (χ3v) is 5.90. The van der Waals surface area contributed by atoms with E-state index in [4.69, 9.17) is 21.4 Å². The second-order valence-electron chi connectivity index (χ2n) is 6.79. The van der Waals surface area contributed by atoms with Crippen molar-refractivity contribution >= 4 is 29.3 Å². The average Bonchev–Trinajstić information content (AvgIpc) is 2.73.